The van der Waals surface area contributed by atoms with Gasteiger partial charge in [0.2, 0.25) is 0 Å². The molecule has 1 atom stereocenters. The quantitative estimate of drug-likeness (QED) is 0.845. The number of benzene rings is 1. The maximum absolute atomic E-state index is 12.2. The van der Waals surface area contributed by atoms with Crippen molar-refractivity contribution in [1.29, 1.82) is 0 Å². The molecule has 0 saturated carbocycles. The molecule has 1 saturated heterocycles. The first-order chi connectivity index (χ1) is 11.9. The zero-order chi connectivity index (χ0) is 17.9. The zero-order valence-corrected chi connectivity index (χ0v) is 14.5. The van der Waals surface area contributed by atoms with Crippen molar-refractivity contribution < 1.29 is 17.9 Å². The number of sulfone groups is 1. The normalized spacial score (nSPS) is 18.5. The number of methoxy groups -OCH3 is 1. The van der Waals surface area contributed by atoms with Crippen LogP contribution in [-0.2, 0) is 9.84 Å². The second-order valence-electron chi connectivity index (χ2n) is 5.86. The Labute approximate surface area is 146 Å². The van der Waals surface area contributed by atoms with Crippen LogP contribution >= 0.6 is 0 Å². The number of hydrogen-bond donors (Lipinski definition) is 2. The van der Waals surface area contributed by atoms with Gasteiger partial charge in [-0.25, -0.2) is 13.4 Å². The van der Waals surface area contributed by atoms with Crippen LogP contribution in [0.25, 0.3) is 0 Å². The number of pyridine rings is 1. The lowest BCUT2D eigenvalue weighted by molar-refractivity contribution is 0.102. The minimum atomic E-state index is -2.92. The van der Waals surface area contributed by atoms with E-state index < -0.39 is 9.84 Å². The van der Waals surface area contributed by atoms with E-state index in [0.29, 0.717) is 23.6 Å². The van der Waals surface area contributed by atoms with Crippen molar-refractivity contribution in [3.8, 4) is 5.75 Å². The fourth-order valence-corrected chi connectivity index (χ4v) is 4.30. The maximum atomic E-state index is 12.2. The number of carbonyl (C=O) groups excluding carboxylic acids is 1. The first-order valence-electron chi connectivity index (χ1n) is 7.83. The third-order valence-corrected chi connectivity index (χ3v) is 5.73. The van der Waals surface area contributed by atoms with Crippen molar-refractivity contribution in [1.82, 2.24) is 4.98 Å². The van der Waals surface area contributed by atoms with Crippen LogP contribution in [0.5, 0.6) is 5.75 Å². The maximum Gasteiger partial charge on any atom is 0.256 e. The number of hydrogen-bond acceptors (Lipinski definition) is 6. The van der Waals surface area contributed by atoms with E-state index in [1.165, 1.54) is 0 Å². The summed E-state index contributed by atoms with van der Waals surface area (Å²) in [4.78, 5) is 16.4. The Morgan fingerprint density at radius 3 is 2.52 bits per heavy atom. The van der Waals surface area contributed by atoms with Gasteiger partial charge in [0.1, 0.15) is 11.6 Å². The van der Waals surface area contributed by atoms with Gasteiger partial charge in [0.25, 0.3) is 5.91 Å². The lowest BCUT2D eigenvalue weighted by atomic mass is 10.2. The Bertz CT molecular complexity index is 848. The highest BCUT2D eigenvalue weighted by molar-refractivity contribution is 7.91. The van der Waals surface area contributed by atoms with Gasteiger partial charge < -0.3 is 15.4 Å². The summed E-state index contributed by atoms with van der Waals surface area (Å²) in [6.07, 6.45) is 2.17. The molecule has 2 heterocycles. The number of carbonyl (C=O) groups is 1. The Kier molecular flexibility index (Phi) is 4.89. The van der Waals surface area contributed by atoms with E-state index in [1.807, 2.05) is 0 Å². The zero-order valence-electron chi connectivity index (χ0n) is 13.7. The third kappa shape index (κ3) is 4.48. The number of rotatable bonds is 5. The molecule has 1 amide bonds. The SMILES string of the molecule is COc1ccc(C(=O)Nc2ccc(NC3CCS(=O)(=O)C3)cn2)cc1. The number of nitrogens with zero attached hydrogens (tertiary/aromatic N) is 1. The molecule has 1 aromatic heterocycles. The van der Waals surface area contributed by atoms with E-state index in [0.717, 1.165) is 5.69 Å². The third-order valence-electron chi connectivity index (χ3n) is 3.96. The van der Waals surface area contributed by atoms with Crippen molar-refractivity contribution in [2.75, 3.05) is 29.2 Å². The molecule has 1 aliphatic heterocycles. The molecular weight excluding hydrogens is 342 g/mol. The summed E-state index contributed by atoms with van der Waals surface area (Å²) in [6, 6.07) is 10.1. The van der Waals surface area contributed by atoms with Gasteiger partial charge in [-0.15, -0.1) is 0 Å². The van der Waals surface area contributed by atoms with E-state index >= 15 is 0 Å². The summed E-state index contributed by atoms with van der Waals surface area (Å²) >= 11 is 0. The number of aromatic nitrogens is 1. The van der Waals surface area contributed by atoms with Gasteiger partial charge >= 0.3 is 0 Å². The lowest BCUT2D eigenvalue weighted by Gasteiger charge is -2.12. The van der Waals surface area contributed by atoms with Gasteiger partial charge in [0.15, 0.2) is 9.84 Å². The van der Waals surface area contributed by atoms with Crippen molar-refractivity contribution >= 4 is 27.2 Å². The van der Waals surface area contributed by atoms with E-state index in [1.54, 1.807) is 49.7 Å². The predicted molar refractivity (Wildman–Crippen MR) is 95.9 cm³/mol. The Morgan fingerprint density at radius 2 is 1.96 bits per heavy atom. The smallest absolute Gasteiger partial charge is 0.256 e. The van der Waals surface area contributed by atoms with Gasteiger partial charge in [-0.1, -0.05) is 0 Å². The summed E-state index contributed by atoms with van der Waals surface area (Å²) < 4.78 is 28.0. The standard InChI is InChI=1S/C17H19N3O4S/c1-24-15-5-2-12(3-6-15)17(21)20-16-7-4-13(10-18-16)19-14-8-9-25(22,23)11-14/h2-7,10,14,19H,8-9,11H2,1H3,(H,18,20,21). The minimum Gasteiger partial charge on any atom is -0.497 e. The van der Waals surface area contributed by atoms with Crippen LogP contribution < -0.4 is 15.4 Å². The summed E-state index contributed by atoms with van der Waals surface area (Å²) in [5.41, 5.74) is 1.23. The Hall–Kier alpha value is -2.61. The Balaban J connectivity index is 1.59. The average Bonchev–Trinajstić information content (AvgIpc) is 2.95. The van der Waals surface area contributed by atoms with E-state index in [2.05, 4.69) is 15.6 Å². The highest BCUT2D eigenvalue weighted by atomic mass is 32.2. The van der Waals surface area contributed by atoms with E-state index in [9.17, 15) is 13.2 Å². The summed E-state index contributed by atoms with van der Waals surface area (Å²) in [5.74, 6) is 1.19. The molecule has 2 N–H and O–H groups in total. The fourth-order valence-electron chi connectivity index (χ4n) is 2.63. The van der Waals surface area contributed by atoms with Crippen LogP contribution in [0, 0.1) is 0 Å². The molecule has 1 fully saturated rings. The van der Waals surface area contributed by atoms with Crippen LogP contribution in [0.15, 0.2) is 42.6 Å². The van der Waals surface area contributed by atoms with Gasteiger partial charge in [0.05, 0.1) is 30.5 Å². The molecule has 0 bridgehead atoms. The molecule has 2 aromatic rings. The summed E-state index contributed by atoms with van der Waals surface area (Å²) in [6.45, 7) is 0. The molecule has 1 aliphatic rings. The molecule has 3 rings (SSSR count). The van der Waals surface area contributed by atoms with E-state index in [4.69, 9.17) is 4.74 Å². The number of nitrogens with one attached hydrogen (secondary N) is 2. The lowest BCUT2D eigenvalue weighted by Crippen LogP contribution is -2.20. The molecule has 1 unspecified atom stereocenters. The molecule has 25 heavy (non-hydrogen) atoms. The topological polar surface area (TPSA) is 97.4 Å². The van der Waals surface area contributed by atoms with E-state index in [-0.39, 0.29) is 23.5 Å². The molecular formula is C17H19N3O4S. The highest BCUT2D eigenvalue weighted by Crippen LogP contribution is 2.18. The first kappa shape index (κ1) is 17.2. The van der Waals surface area contributed by atoms with Gasteiger partial charge in [-0.05, 0) is 42.8 Å². The molecule has 0 aliphatic carbocycles. The highest BCUT2D eigenvalue weighted by Gasteiger charge is 2.27. The number of amides is 1. The Morgan fingerprint density at radius 1 is 1.20 bits per heavy atom. The molecule has 132 valence electrons. The van der Waals surface area contributed by atoms with Crippen LogP contribution in [0.3, 0.4) is 0 Å². The second kappa shape index (κ2) is 7.10. The van der Waals surface area contributed by atoms with Crippen molar-refractivity contribution in [2.45, 2.75) is 12.5 Å². The van der Waals surface area contributed by atoms with Crippen molar-refractivity contribution in [3.05, 3.63) is 48.2 Å². The molecule has 8 heteroatoms. The van der Waals surface area contributed by atoms with Gasteiger partial charge in [0, 0.05) is 11.6 Å². The molecule has 0 spiro atoms. The minimum absolute atomic E-state index is 0.0912. The molecule has 7 nitrogen and oxygen atoms in total. The van der Waals surface area contributed by atoms with Gasteiger partial charge in [-0.2, -0.15) is 0 Å². The van der Waals surface area contributed by atoms with Gasteiger partial charge in [-0.3, -0.25) is 4.79 Å². The number of anilines is 2. The number of ether oxygens (including phenoxy) is 1. The summed E-state index contributed by atoms with van der Waals surface area (Å²) in [5, 5.41) is 5.87. The fraction of sp³-hybridized carbons (Fsp3) is 0.294. The van der Waals surface area contributed by atoms with Crippen molar-refractivity contribution in [2.24, 2.45) is 0 Å². The largest absolute Gasteiger partial charge is 0.497 e. The average molecular weight is 361 g/mol. The van der Waals surface area contributed by atoms with Crippen LogP contribution in [0.4, 0.5) is 11.5 Å². The summed E-state index contributed by atoms with van der Waals surface area (Å²) in [7, 11) is -1.36. The van der Waals surface area contributed by atoms with Crippen LogP contribution in [-0.4, -0.2) is 44.0 Å². The first-order valence-corrected chi connectivity index (χ1v) is 9.66. The van der Waals surface area contributed by atoms with Crippen molar-refractivity contribution in [3.63, 3.8) is 0 Å². The second-order valence-corrected chi connectivity index (χ2v) is 8.09. The van der Waals surface area contributed by atoms with Crippen LogP contribution in [0.1, 0.15) is 16.8 Å². The molecule has 0 radical (unpaired) electrons. The molecule has 1 aromatic carbocycles. The van der Waals surface area contributed by atoms with Crippen LogP contribution in [0.2, 0.25) is 0 Å². The predicted octanol–water partition coefficient (Wildman–Crippen LogP) is 1.94. The monoisotopic (exact) mass is 361 g/mol.